The van der Waals surface area contributed by atoms with E-state index in [1.54, 1.807) is 6.20 Å². The van der Waals surface area contributed by atoms with E-state index in [0.717, 1.165) is 44.6 Å². The monoisotopic (exact) mass is 344 g/mol. The van der Waals surface area contributed by atoms with Gasteiger partial charge in [0.25, 0.3) is 0 Å². The van der Waals surface area contributed by atoms with Crippen LogP contribution in [-0.4, -0.2) is 41.3 Å². The molecule has 1 atom stereocenters. The lowest BCUT2D eigenvalue weighted by atomic mass is 9.84. The van der Waals surface area contributed by atoms with Gasteiger partial charge in [-0.25, -0.2) is 0 Å². The molecule has 2 fully saturated rings. The van der Waals surface area contributed by atoms with Crippen LogP contribution in [0.2, 0.25) is 0 Å². The Morgan fingerprint density at radius 3 is 3.08 bits per heavy atom. The molecule has 0 amide bonds. The van der Waals surface area contributed by atoms with Crippen LogP contribution in [0, 0.1) is 6.92 Å². The third-order valence-electron chi connectivity index (χ3n) is 5.02. The largest absolute Gasteiger partial charge is 0.373 e. The Morgan fingerprint density at radius 2 is 2.33 bits per heavy atom. The Hall–Kier alpha value is -1.27. The van der Waals surface area contributed by atoms with Gasteiger partial charge in [-0.05, 0) is 42.0 Å². The van der Waals surface area contributed by atoms with Crippen LogP contribution in [0.15, 0.2) is 36.0 Å². The molecule has 0 bridgehead atoms. The molecule has 5 heteroatoms. The summed E-state index contributed by atoms with van der Waals surface area (Å²) < 4.78 is 12.3. The molecular formula is C19H24N2O2S. The number of rotatable bonds is 5. The molecule has 0 N–H and O–H groups in total. The molecule has 2 saturated heterocycles. The normalized spacial score (nSPS) is 23.3. The third-order valence-corrected chi connectivity index (χ3v) is 6.02. The molecule has 0 aromatic carbocycles. The average Bonchev–Trinajstić information content (AvgIpc) is 2.98. The van der Waals surface area contributed by atoms with Crippen molar-refractivity contribution in [1.82, 2.24) is 9.88 Å². The lowest BCUT2D eigenvalue weighted by Gasteiger charge is -2.53. The van der Waals surface area contributed by atoms with Crippen LogP contribution in [0.5, 0.6) is 0 Å². The van der Waals surface area contributed by atoms with E-state index in [1.165, 1.54) is 10.4 Å². The minimum atomic E-state index is 0.0169. The van der Waals surface area contributed by atoms with Crippen LogP contribution in [0.25, 0.3) is 0 Å². The number of nitrogens with zero attached hydrogens (tertiary/aromatic N) is 2. The third kappa shape index (κ3) is 3.54. The highest BCUT2D eigenvalue weighted by molar-refractivity contribution is 7.10. The Kier molecular flexibility index (Phi) is 4.68. The van der Waals surface area contributed by atoms with E-state index in [9.17, 15) is 0 Å². The highest BCUT2D eigenvalue weighted by atomic mass is 32.1. The van der Waals surface area contributed by atoms with Gasteiger partial charge in [0.2, 0.25) is 0 Å². The van der Waals surface area contributed by atoms with Crippen molar-refractivity contribution in [3.8, 4) is 0 Å². The van der Waals surface area contributed by atoms with Crippen molar-refractivity contribution in [2.75, 3.05) is 19.7 Å². The first-order valence-corrected chi connectivity index (χ1v) is 9.50. The zero-order valence-corrected chi connectivity index (χ0v) is 14.9. The van der Waals surface area contributed by atoms with E-state index in [4.69, 9.17) is 9.47 Å². The Morgan fingerprint density at radius 1 is 1.42 bits per heavy atom. The summed E-state index contributed by atoms with van der Waals surface area (Å²) in [5, 5.41) is 2.18. The summed E-state index contributed by atoms with van der Waals surface area (Å²) in [5.41, 5.74) is 2.56. The highest BCUT2D eigenvalue weighted by Gasteiger charge is 2.47. The summed E-state index contributed by atoms with van der Waals surface area (Å²) >= 11 is 1.86. The van der Waals surface area contributed by atoms with E-state index >= 15 is 0 Å². The zero-order valence-electron chi connectivity index (χ0n) is 14.1. The van der Waals surface area contributed by atoms with Crippen LogP contribution in [-0.2, 0) is 22.6 Å². The van der Waals surface area contributed by atoms with Gasteiger partial charge in [-0.1, -0.05) is 6.07 Å². The van der Waals surface area contributed by atoms with E-state index in [0.29, 0.717) is 12.7 Å². The fourth-order valence-electron chi connectivity index (χ4n) is 3.69. The van der Waals surface area contributed by atoms with Gasteiger partial charge in [-0.3, -0.25) is 9.88 Å². The predicted octanol–water partition coefficient (Wildman–Crippen LogP) is 3.40. The van der Waals surface area contributed by atoms with Gasteiger partial charge in [-0.15, -0.1) is 11.3 Å². The molecule has 24 heavy (non-hydrogen) atoms. The van der Waals surface area contributed by atoms with Gasteiger partial charge in [0.1, 0.15) is 0 Å². The SMILES string of the molecule is Cc1ccsc1CN1CC2(C[C@H](OCc3cccnc3)CCO2)C1. The second kappa shape index (κ2) is 6.92. The molecule has 0 aliphatic carbocycles. The minimum absolute atomic E-state index is 0.0169. The molecule has 4 heterocycles. The van der Waals surface area contributed by atoms with Gasteiger partial charge in [-0.2, -0.15) is 0 Å². The second-order valence-corrected chi connectivity index (χ2v) is 7.99. The van der Waals surface area contributed by atoms with E-state index in [2.05, 4.69) is 34.3 Å². The zero-order chi connectivity index (χ0) is 16.4. The van der Waals surface area contributed by atoms with Crippen molar-refractivity contribution in [3.63, 3.8) is 0 Å². The summed E-state index contributed by atoms with van der Waals surface area (Å²) in [7, 11) is 0. The van der Waals surface area contributed by atoms with Crippen LogP contribution in [0.4, 0.5) is 0 Å². The number of aryl methyl sites for hydroxylation is 1. The Labute approximate surface area is 147 Å². The van der Waals surface area contributed by atoms with Gasteiger partial charge in [0, 0.05) is 49.9 Å². The van der Waals surface area contributed by atoms with Crippen LogP contribution in [0.1, 0.15) is 28.8 Å². The Balaban J connectivity index is 1.27. The second-order valence-electron chi connectivity index (χ2n) is 6.99. The number of aromatic nitrogens is 1. The molecule has 1 spiro atoms. The summed E-state index contributed by atoms with van der Waals surface area (Å²) in [5.74, 6) is 0. The fraction of sp³-hybridized carbons (Fsp3) is 0.526. The predicted molar refractivity (Wildman–Crippen MR) is 95.1 cm³/mol. The van der Waals surface area contributed by atoms with Gasteiger partial charge in [0.15, 0.2) is 0 Å². The number of thiophene rings is 1. The number of likely N-dealkylation sites (tertiary alicyclic amines) is 1. The topological polar surface area (TPSA) is 34.6 Å². The van der Waals surface area contributed by atoms with E-state index < -0.39 is 0 Å². The van der Waals surface area contributed by atoms with Crippen molar-refractivity contribution in [3.05, 3.63) is 52.0 Å². The summed E-state index contributed by atoms with van der Waals surface area (Å²) in [6.45, 7) is 6.75. The number of hydrogen-bond acceptors (Lipinski definition) is 5. The molecule has 4 rings (SSSR count). The Bertz CT molecular complexity index is 667. The van der Waals surface area contributed by atoms with Gasteiger partial charge < -0.3 is 9.47 Å². The maximum Gasteiger partial charge on any atom is 0.0959 e. The fourth-order valence-corrected chi connectivity index (χ4v) is 4.64. The smallest absolute Gasteiger partial charge is 0.0959 e. The molecule has 0 radical (unpaired) electrons. The van der Waals surface area contributed by atoms with E-state index in [-0.39, 0.29) is 5.60 Å². The maximum absolute atomic E-state index is 6.13. The molecular weight excluding hydrogens is 320 g/mol. The van der Waals surface area contributed by atoms with Crippen LogP contribution >= 0.6 is 11.3 Å². The van der Waals surface area contributed by atoms with Crippen molar-refractivity contribution >= 4 is 11.3 Å². The maximum atomic E-state index is 6.13. The van der Waals surface area contributed by atoms with Crippen LogP contribution < -0.4 is 0 Å². The molecule has 0 unspecified atom stereocenters. The molecule has 2 aliphatic rings. The molecule has 128 valence electrons. The lowest BCUT2D eigenvalue weighted by Crippen LogP contribution is -2.65. The van der Waals surface area contributed by atoms with Gasteiger partial charge in [0.05, 0.1) is 18.3 Å². The lowest BCUT2D eigenvalue weighted by molar-refractivity contribution is -0.200. The molecule has 4 nitrogen and oxygen atoms in total. The van der Waals surface area contributed by atoms with Crippen molar-refractivity contribution in [1.29, 1.82) is 0 Å². The van der Waals surface area contributed by atoms with E-state index in [1.807, 2.05) is 23.6 Å². The van der Waals surface area contributed by atoms with Crippen molar-refractivity contribution < 1.29 is 9.47 Å². The molecule has 2 aromatic heterocycles. The van der Waals surface area contributed by atoms with Crippen molar-refractivity contribution in [2.24, 2.45) is 0 Å². The van der Waals surface area contributed by atoms with Crippen molar-refractivity contribution in [2.45, 2.75) is 44.6 Å². The first-order chi connectivity index (χ1) is 11.7. The van der Waals surface area contributed by atoms with Gasteiger partial charge >= 0.3 is 0 Å². The molecule has 2 aromatic rings. The summed E-state index contributed by atoms with van der Waals surface area (Å²) in [4.78, 5) is 8.11. The first-order valence-electron chi connectivity index (χ1n) is 8.62. The number of ether oxygens (including phenoxy) is 2. The molecule has 2 aliphatic heterocycles. The van der Waals surface area contributed by atoms with Crippen LogP contribution in [0.3, 0.4) is 0 Å². The summed E-state index contributed by atoms with van der Waals surface area (Å²) in [6.07, 6.45) is 5.97. The summed E-state index contributed by atoms with van der Waals surface area (Å²) in [6, 6.07) is 6.23. The minimum Gasteiger partial charge on any atom is -0.373 e. The number of hydrogen-bond donors (Lipinski definition) is 0. The first kappa shape index (κ1) is 16.2. The highest BCUT2D eigenvalue weighted by Crippen LogP contribution is 2.37. The average molecular weight is 344 g/mol. The molecule has 0 saturated carbocycles. The number of pyridine rings is 1. The standard InChI is InChI=1S/C19H24N2O2S/c1-15-5-8-24-18(15)11-21-13-19(14-21)9-17(4-7-23-19)22-12-16-3-2-6-20-10-16/h2-3,5-6,8,10,17H,4,7,9,11-14H2,1H3/t17-/m1/s1. The quantitative estimate of drug-likeness (QED) is 0.833.